The van der Waals surface area contributed by atoms with Crippen molar-refractivity contribution < 1.29 is 4.79 Å². The standard InChI is InChI=1S/C15H15N3OS/c1-9-11-5-3-4-6-12(11)20-13(9)15(19)18-10(2)14-16-7-8-17-14/h3-8,10H,1-2H3,(H,16,17)(H,18,19). The van der Waals surface area contributed by atoms with Crippen LogP contribution in [0.5, 0.6) is 0 Å². The Labute approximate surface area is 120 Å². The Hall–Kier alpha value is -2.14. The summed E-state index contributed by atoms with van der Waals surface area (Å²) in [6, 6.07) is 7.94. The van der Waals surface area contributed by atoms with E-state index < -0.39 is 0 Å². The second kappa shape index (κ2) is 5.09. The van der Waals surface area contributed by atoms with Crippen LogP contribution in [0.25, 0.3) is 10.1 Å². The summed E-state index contributed by atoms with van der Waals surface area (Å²) >= 11 is 1.53. The van der Waals surface area contributed by atoms with E-state index in [-0.39, 0.29) is 11.9 Å². The number of aromatic nitrogens is 2. The first-order chi connectivity index (χ1) is 9.66. The normalized spacial score (nSPS) is 12.5. The third-order valence-electron chi connectivity index (χ3n) is 3.33. The number of amides is 1. The van der Waals surface area contributed by atoms with Gasteiger partial charge in [-0.05, 0) is 30.9 Å². The van der Waals surface area contributed by atoms with Crippen LogP contribution >= 0.6 is 11.3 Å². The molecule has 0 spiro atoms. The fourth-order valence-corrected chi connectivity index (χ4v) is 3.35. The average molecular weight is 285 g/mol. The molecule has 3 aromatic rings. The van der Waals surface area contributed by atoms with Crippen LogP contribution in [0, 0.1) is 6.92 Å². The number of thiophene rings is 1. The van der Waals surface area contributed by atoms with Crippen molar-refractivity contribution in [3.63, 3.8) is 0 Å². The number of imidazole rings is 1. The molecule has 2 N–H and O–H groups in total. The van der Waals surface area contributed by atoms with Crippen LogP contribution in [0.2, 0.25) is 0 Å². The van der Waals surface area contributed by atoms with Crippen LogP contribution in [0.4, 0.5) is 0 Å². The maximum atomic E-state index is 12.4. The van der Waals surface area contributed by atoms with Gasteiger partial charge < -0.3 is 10.3 Å². The monoisotopic (exact) mass is 285 g/mol. The molecule has 1 amide bonds. The number of H-pyrrole nitrogens is 1. The van der Waals surface area contributed by atoms with Gasteiger partial charge in [-0.2, -0.15) is 0 Å². The molecule has 0 saturated heterocycles. The van der Waals surface area contributed by atoms with E-state index in [4.69, 9.17) is 0 Å². The summed E-state index contributed by atoms with van der Waals surface area (Å²) < 4.78 is 1.14. The quantitative estimate of drug-likeness (QED) is 0.774. The van der Waals surface area contributed by atoms with Gasteiger partial charge in [0.1, 0.15) is 5.82 Å². The zero-order valence-corrected chi connectivity index (χ0v) is 12.1. The van der Waals surface area contributed by atoms with E-state index in [9.17, 15) is 4.79 Å². The summed E-state index contributed by atoms with van der Waals surface area (Å²) in [5.41, 5.74) is 1.04. The number of hydrogen-bond donors (Lipinski definition) is 2. The highest BCUT2D eigenvalue weighted by Crippen LogP contribution is 2.30. The zero-order valence-electron chi connectivity index (χ0n) is 11.3. The smallest absolute Gasteiger partial charge is 0.262 e. The van der Waals surface area contributed by atoms with Crippen molar-refractivity contribution >= 4 is 27.3 Å². The van der Waals surface area contributed by atoms with Crippen LogP contribution in [0.3, 0.4) is 0 Å². The maximum absolute atomic E-state index is 12.4. The second-order valence-electron chi connectivity index (χ2n) is 4.72. The van der Waals surface area contributed by atoms with Gasteiger partial charge in [0, 0.05) is 17.1 Å². The van der Waals surface area contributed by atoms with Gasteiger partial charge in [0.2, 0.25) is 0 Å². The minimum Gasteiger partial charge on any atom is -0.347 e. The number of fused-ring (bicyclic) bond motifs is 1. The van der Waals surface area contributed by atoms with E-state index in [1.165, 1.54) is 11.3 Å². The molecule has 2 heterocycles. The van der Waals surface area contributed by atoms with Crippen molar-refractivity contribution in [2.45, 2.75) is 19.9 Å². The molecule has 0 fully saturated rings. The summed E-state index contributed by atoms with van der Waals surface area (Å²) in [6.07, 6.45) is 3.44. The SMILES string of the molecule is Cc1c(C(=O)NC(C)c2ncc[nH]2)sc2ccccc12. The highest BCUT2D eigenvalue weighted by atomic mass is 32.1. The molecule has 102 valence electrons. The van der Waals surface area contributed by atoms with E-state index in [0.29, 0.717) is 0 Å². The highest BCUT2D eigenvalue weighted by molar-refractivity contribution is 7.21. The predicted molar refractivity (Wildman–Crippen MR) is 81.0 cm³/mol. The summed E-state index contributed by atoms with van der Waals surface area (Å²) in [5, 5.41) is 4.12. The first-order valence-electron chi connectivity index (χ1n) is 6.45. The lowest BCUT2D eigenvalue weighted by molar-refractivity contribution is 0.0942. The Morgan fingerprint density at radius 1 is 1.40 bits per heavy atom. The molecule has 0 aliphatic heterocycles. The molecule has 1 aromatic carbocycles. The summed E-state index contributed by atoms with van der Waals surface area (Å²) in [4.78, 5) is 20.3. The Kier molecular flexibility index (Phi) is 3.28. The van der Waals surface area contributed by atoms with Gasteiger partial charge in [-0.15, -0.1) is 11.3 Å². The number of carbonyl (C=O) groups is 1. The molecule has 5 heteroatoms. The Morgan fingerprint density at radius 2 is 2.20 bits per heavy atom. The Bertz CT molecular complexity index is 746. The molecule has 4 nitrogen and oxygen atoms in total. The number of carbonyl (C=O) groups excluding carboxylic acids is 1. The van der Waals surface area contributed by atoms with Gasteiger partial charge in [0.05, 0.1) is 10.9 Å². The summed E-state index contributed by atoms with van der Waals surface area (Å²) in [6.45, 7) is 3.91. The molecule has 20 heavy (non-hydrogen) atoms. The molecule has 0 saturated carbocycles. The molecule has 0 radical (unpaired) electrons. The highest BCUT2D eigenvalue weighted by Gasteiger charge is 2.18. The third-order valence-corrected chi connectivity index (χ3v) is 4.60. The number of nitrogens with zero attached hydrogens (tertiary/aromatic N) is 1. The fraction of sp³-hybridized carbons (Fsp3) is 0.200. The minimum absolute atomic E-state index is 0.0485. The molecule has 0 aliphatic carbocycles. The van der Waals surface area contributed by atoms with Crippen molar-refractivity contribution in [2.24, 2.45) is 0 Å². The third kappa shape index (κ3) is 2.20. The van der Waals surface area contributed by atoms with Crippen molar-refractivity contribution in [3.05, 3.63) is 52.9 Å². The minimum atomic E-state index is -0.137. The van der Waals surface area contributed by atoms with Gasteiger partial charge in [0.15, 0.2) is 0 Å². The lowest BCUT2D eigenvalue weighted by Gasteiger charge is -2.10. The average Bonchev–Trinajstić information content (AvgIpc) is 3.07. The first-order valence-corrected chi connectivity index (χ1v) is 7.26. The number of aryl methyl sites for hydroxylation is 1. The van der Waals surface area contributed by atoms with E-state index in [0.717, 1.165) is 26.4 Å². The first kappa shape index (κ1) is 12.9. The van der Waals surface area contributed by atoms with Gasteiger partial charge in [-0.1, -0.05) is 18.2 Å². The topological polar surface area (TPSA) is 57.8 Å². The Morgan fingerprint density at radius 3 is 2.90 bits per heavy atom. The van der Waals surface area contributed by atoms with Crippen molar-refractivity contribution in [1.82, 2.24) is 15.3 Å². The fourth-order valence-electron chi connectivity index (χ4n) is 2.24. The van der Waals surface area contributed by atoms with E-state index in [1.54, 1.807) is 12.4 Å². The molecule has 3 rings (SSSR count). The van der Waals surface area contributed by atoms with E-state index in [1.807, 2.05) is 38.1 Å². The maximum Gasteiger partial charge on any atom is 0.262 e. The molecule has 1 unspecified atom stereocenters. The zero-order chi connectivity index (χ0) is 14.1. The van der Waals surface area contributed by atoms with Gasteiger partial charge in [-0.25, -0.2) is 4.98 Å². The van der Waals surface area contributed by atoms with Crippen LogP contribution in [-0.2, 0) is 0 Å². The Balaban J connectivity index is 1.87. The summed E-state index contributed by atoms with van der Waals surface area (Å²) in [7, 11) is 0. The van der Waals surface area contributed by atoms with Crippen molar-refractivity contribution in [3.8, 4) is 0 Å². The van der Waals surface area contributed by atoms with Gasteiger partial charge >= 0.3 is 0 Å². The molecule has 0 bridgehead atoms. The number of aromatic amines is 1. The molecular weight excluding hydrogens is 270 g/mol. The van der Waals surface area contributed by atoms with Gasteiger partial charge in [-0.3, -0.25) is 4.79 Å². The van der Waals surface area contributed by atoms with Crippen LogP contribution in [0.15, 0.2) is 36.7 Å². The number of benzene rings is 1. The molecule has 2 aromatic heterocycles. The summed E-state index contributed by atoms with van der Waals surface area (Å²) in [5.74, 6) is 0.713. The van der Waals surface area contributed by atoms with E-state index >= 15 is 0 Å². The van der Waals surface area contributed by atoms with Crippen LogP contribution in [0.1, 0.15) is 34.0 Å². The molecule has 1 atom stereocenters. The molecular formula is C15H15N3OS. The van der Waals surface area contributed by atoms with Crippen molar-refractivity contribution in [1.29, 1.82) is 0 Å². The largest absolute Gasteiger partial charge is 0.347 e. The van der Waals surface area contributed by atoms with Crippen LogP contribution in [-0.4, -0.2) is 15.9 Å². The van der Waals surface area contributed by atoms with E-state index in [2.05, 4.69) is 15.3 Å². The second-order valence-corrected chi connectivity index (χ2v) is 5.77. The molecule has 0 aliphatic rings. The predicted octanol–water partition coefficient (Wildman–Crippen LogP) is 3.42. The number of hydrogen-bond acceptors (Lipinski definition) is 3. The van der Waals surface area contributed by atoms with Crippen LogP contribution < -0.4 is 5.32 Å². The lowest BCUT2D eigenvalue weighted by Crippen LogP contribution is -2.27. The number of nitrogens with one attached hydrogen (secondary N) is 2. The van der Waals surface area contributed by atoms with Crippen molar-refractivity contribution in [2.75, 3.05) is 0 Å². The van der Waals surface area contributed by atoms with Gasteiger partial charge in [0.25, 0.3) is 5.91 Å². The number of rotatable bonds is 3. The lowest BCUT2D eigenvalue weighted by atomic mass is 10.1.